The molecule has 104 valence electrons. The van der Waals surface area contributed by atoms with Gasteiger partial charge in [0.1, 0.15) is 6.10 Å². The average molecular weight is 266 g/mol. The maximum absolute atomic E-state index is 11.4. The normalized spacial score (nSPS) is 22.0. The highest BCUT2D eigenvalue weighted by molar-refractivity contribution is 5.72. The molecule has 0 saturated carbocycles. The van der Waals surface area contributed by atoms with E-state index in [-0.39, 0.29) is 18.0 Å². The minimum Gasteiger partial charge on any atom is -0.493 e. The van der Waals surface area contributed by atoms with E-state index in [2.05, 4.69) is 0 Å². The summed E-state index contributed by atoms with van der Waals surface area (Å²) >= 11 is 0. The van der Waals surface area contributed by atoms with Crippen molar-refractivity contribution in [1.82, 2.24) is 0 Å². The Morgan fingerprint density at radius 3 is 2.05 bits per heavy atom. The van der Waals surface area contributed by atoms with E-state index in [1.54, 1.807) is 21.3 Å². The van der Waals surface area contributed by atoms with Crippen molar-refractivity contribution < 1.29 is 23.7 Å². The minimum atomic E-state index is -0.263. The van der Waals surface area contributed by atoms with Crippen LogP contribution in [0.25, 0.3) is 0 Å². The highest BCUT2D eigenvalue weighted by Gasteiger charge is 2.33. The van der Waals surface area contributed by atoms with Gasteiger partial charge in [-0.2, -0.15) is 0 Å². The average Bonchev–Trinajstić information content (AvgIpc) is 2.75. The Hall–Kier alpha value is -1.91. The van der Waals surface area contributed by atoms with Gasteiger partial charge in [-0.3, -0.25) is 4.79 Å². The van der Waals surface area contributed by atoms with Crippen molar-refractivity contribution in [2.75, 3.05) is 21.3 Å². The molecule has 0 unspecified atom stereocenters. The molecule has 1 heterocycles. The van der Waals surface area contributed by atoms with Gasteiger partial charge in [-0.1, -0.05) is 6.92 Å². The number of methoxy groups -OCH3 is 3. The van der Waals surface area contributed by atoms with Crippen molar-refractivity contribution in [2.45, 2.75) is 19.4 Å². The van der Waals surface area contributed by atoms with Crippen LogP contribution in [0.4, 0.5) is 0 Å². The van der Waals surface area contributed by atoms with Gasteiger partial charge in [-0.05, 0) is 12.1 Å². The highest BCUT2D eigenvalue weighted by Crippen LogP contribution is 2.43. The van der Waals surface area contributed by atoms with Crippen LogP contribution in [0.2, 0.25) is 0 Å². The number of rotatable bonds is 4. The summed E-state index contributed by atoms with van der Waals surface area (Å²) in [4.78, 5) is 11.4. The van der Waals surface area contributed by atoms with E-state index in [1.807, 2.05) is 19.1 Å². The van der Waals surface area contributed by atoms with Gasteiger partial charge in [0, 0.05) is 11.5 Å². The van der Waals surface area contributed by atoms with Gasteiger partial charge in [0.2, 0.25) is 5.75 Å². The zero-order chi connectivity index (χ0) is 14.0. The lowest BCUT2D eigenvalue weighted by Crippen LogP contribution is -2.06. The monoisotopic (exact) mass is 266 g/mol. The second-order valence-corrected chi connectivity index (χ2v) is 4.55. The predicted molar refractivity (Wildman–Crippen MR) is 68.7 cm³/mol. The van der Waals surface area contributed by atoms with Crippen LogP contribution in [0.1, 0.15) is 25.0 Å². The Morgan fingerprint density at radius 1 is 1.11 bits per heavy atom. The fourth-order valence-corrected chi connectivity index (χ4v) is 2.34. The van der Waals surface area contributed by atoms with Crippen LogP contribution >= 0.6 is 0 Å². The first-order valence-electron chi connectivity index (χ1n) is 6.10. The van der Waals surface area contributed by atoms with Gasteiger partial charge < -0.3 is 18.9 Å². The van der Waals surface area contributed by atoms with Crippen LogP contribution in [0.15, 0.2) is 12.1 Å². The molecular formula is C14H18O5. The summed E-state index contributed by atoms with van der Waals surface area (Å²) in [6.07, 6.45) is 0.169. The highest BCUT2D eigenvalue weighted by atomic mass is 16.6. The Balaban J connectivity index is 2.44. The first kappa shape index (κ1) is 13.5. The zero-order valence-corrected chi connectivity index (χ0v) is 11.6. The Bertz CT molecular complexity index is 458. The van der Waals surface area contributed by atoms with Crippen LogP contribution in [-0.2, 0) is 9.53 Å². The first-order valence-corrected chi connectivity index (χ1v) is 6.10. The smallest absolute Gasteiger partial charge is 0.306 e. The summed E-state index contributed by atoms with van der Waals surface area (Å²) in [6, 6.07) is 3.64. The van der Waals surface area contributed by atoms with Crippen LogP contribution < -0.4 is 14.2 Å². The molecule has 1 aliphatic rings. The largest absolute Gasteiger partial charge is 0.493 e. The maximum atomic E-state index is 11.4. The lowest BCUT2D eigenvalue weighted by atomic mass is 9.96. The summed E-state index contributed by atoms with van der Waals surface area (Å²) in [7, 11) is 4.68. The van der Waals surface area contributed by atoms with Gasteiger partial charge in [-0.25, -0.2) is 0 Å². The number of esters is 1. The summed E-state index contributed by atoms with van der Waals surface area (Å²) in [6.45, 7) is 1.98. The topological polar surface area (TPSA) is 54.0 Å². The van der Waals surface area contributed by atoms with Gasteiger partial charge in [0.05, 0.1) is 27.8 Å². The van der Waals surface area contributed by atoms with E-state index in [4.69, 9.17) is 18.9 Å². The van der Waals surface area contributed by atoms with E-state index in [0.717, 1.165) is 5.56 Å². The minimum absolute atomic E-state index is 0.135. The third-order valence-corrected chi connectivity index (χ3v) is 3.28. The number of carbonyl (C=O) groups is 1. The molecule has 2 atom stereocenters. The molecule has 5 nitrogen and oxygen atoms in total. The Kier molecular flexibility index (Phi) is 3.83. The van der Waals surface area contributed by atoms with E-state index in [1.165, 1.54) is 0 Å². The fraction of sp³-hybridized carbons (Fsp3) is 0.500. The number of hydrogen-bond donors (Lipinski definition) is 0. The molecule has 0 amide bonds. The quantitative estimate of drug-likeness (QED) is 0.783. The van der Waals surface area contributed by atoms with Crippen molar-refractivity contribution >= 4 is 5.97 Å². The number of hydrogen-bond acceptors (Lipinski definition) is 5. The van der Waals surface area contributed by atoms with Crippen LogP contribution in [-0.4, -0.2) is 27.3 Å². The number of carbonyl (C=O) groups excluding carboxylic acids is 1. The standard InChI is InChI=1S/C14H18O5/c1-8-5-12(15)19-13(8)9-6-10(16-2)14(18-4)11(7-9)17-3/h6-8,13H,5H2,1-4H3/t8-,13-/m1/s1. The zero-order valence-electron chi connectivity index (χ0n) is 11.6. The molecule has 1 fully saturated rings. The molecule has 0 aromatic heterocycles. The van der Waals surface area contributed by atoms with Gasteiger partial charge in [-0.15, -0.1) is 0 Å². The van der Waals surface area contributed by atoms with Crippen LogP contribution in [0.3, 0.4) is 0 Å². The van der Waals surface area contributed by atoms with Gasteiger partial charge in [0.15, 0.2) is 11.5 Å². The van der Waals surface area contributed by atoms with Crippen LogP contribution in [0.5, 0.6) is 17.2 Å². The summed E-state index contributed by atoms with van der Waals surface area (Å²) < 4.78 is 21.2. The number of cyclic esters (lactones) is 1. The lowest BCUT2D eigenvalue weighted by molar-refractivity contribution is -0.141. The first-order chi connectivity index (χ1) is 9.10. The van der Waals surface area contributed by atoms with E-state index in [9.17, 15) is 4.79 Å². The predicted octanol–water partition coefficient (Wildman–Crippen LogP) is 2.34. The van der Waals surface area contributed by atoms with Crippen LogP contribution in [0, 0.1) is 5.92 Å². The second kappa shape index (κ2) is 5.38. The third kappa shape index (κ3) is 2.45. The van der Waals surface area contributed by atoms with Crippen molar-refractivity contribution in [3.05, 3.63) is 17.7 Å². The molecule has 19 heavy (non-hydrogen) atoms. The van der Waals surface area contributed by atoms with Crippen molar-refractivity contribution in [2.24, 2.45) is 5.92 Å². The molecule has 0 spiro atoms. The number of benzene rings is 1. The fourth-order valence-electron chi connectivity index (χ4n) is 2.34. The molecule has 1 aromatic carbocycles. The maximum Gasteiger partial charge on any atom is 0.306 e. The molecular weight excluding hydrogens is 248 g/mol. The molecule has 1 aromatic rings. The molecule has 5 heteroatoms. The third-order valence-electron chi connectivity index (χ3n) is 3.28. The van der Waals surface area contributed by atoms with Gasteiger partial charge >= 0.3 is 5.97 Å². The summed E-state index contributed by atoms with van der Waals surface area (Å²) in [5.41, 5.74) is 0.854. The van der Waals surface area contributed by atoms with Crippen molar-refractivity contribution in [1.29, 1.82) is 0 Å². The van der Waals surface area contributed by atoms with Crippen molar-refractivity contribution in [3.8, 4) is 17.2 Å². The van der Waals surface area contributed by atoms with Gasteiger partial charge in [0.25, 0.3) is 0 Å². The van der Waals surface area contributed by atoms with E-state index in [0.29, 0.717) is 23.7 Å². The lowest BCUT2D eigenvalue weighted by Gasteiger charge is -2.18. The molecule has 0 N–H and O–H groups in total. The molecule has 0 radical (unpaired) electrons. The molecule has 1 aliphatic heterocycles. The van der Waals surface area contributed by atoms with E-state index >= 15 is 0 Å². The Morgan fingerprint density at radius 2 is 1.68 bits per heavy atom. The second-order valence-electron chi connectivity index (χ2n) is 4.55. The molecule has 0 bridgehead atoms. The molecule has 1 saturated heterocycles. The van der Waals surface area contributed by atoms with E-state index < -0.39 is 0 Å². The summed E-state index contributed by atoms with van der Waals surface area (Å²) in [5.74, 6) is 1.62. The molecule has 2 rings (SSSR count). The number of ether oxygens (including phenoxy) is 4. The van der Waals surface area contributed by atoms with Crippen molar-refractivity contribution in [3.63, 3.8) is 0 Å². The Labute approximate surface area is 112 Å². The summed E-state index contributed by atoms with van der Waals surface area (Å²) in [5, 5.41) is 0. The molecule has 0 aliphatic carbocycles. The SMILES string of the molecule is COc1cc([C@@H]2OC(=O)C[C@H]2C)cc(OC)c1OC.